The van der Waals surface area contributed by atoms with Gasteiger partial charge in [0.05, 0.1) is 6.42 Å². The summed E-state index contributed by atoms with van der Waals surface area (Å²) in [6.45, 7) is 0. The van der Waals surface area contributed by atoms with Crippen molar-refractivity contribution in [3.63, 3.8) is 0 Å². The third-order valence-electron chi connectivity index (χ3n) is 3.53. The van der Waals surface area contributed by atoms with E-state index in [1.54, 1.807) is 12.1 Å². The molecule has 20 heavy (non-hydrogen) atoms. The molecule has 1 aliphatic carbocycles. The highest BCUT2D eigenvalue weighted by molar-refractivity contribution is 6.30. The summed E-state index contributed by atoms with van der Waals surface area (Å²) < 4.78 is 1.53. The fraction of sp³-hybridized carbons (Fsp3) is 0.286. The maximum absolute atomic E-state index is 12.2. The number of carbonyl (C=O) groups excluding carboxylic acids is 2. The van der Waals surface area contributed by atoms with E-state index in [4.69, 9.17) is 11.6 Å². The van der Waals surface area contributed by atoms with Gasteiger partial charge in [-0.1, -0.05) is 23.7 Å². The lowest BCUT2D eigenvalue weighted by molar-refractivity contribution is -0.133. The van der Waals surface area contributed by atoms with Gasteiger partial charge in [-0.3, -0.25) is 9.59 Å². The molecule has 1 aliphatic rings. The summed E-state index contributed by atoms with van der Waals surface area (Å²) in [5.74, 6) is -0.419. The first kappa shape index (κ1) is 13.0. The zero-order valence-corrected chi connectivity index (χ0v) is 11.3. The molecule has 2 aromatic rings. The summed E-state index contributed by atoms with van der Waals surface area (Å²) in [5.41, 5.74) is 0.874. The Hall–Kier alpha value is -2.01. The lowest BCUT2D eigenvalue weighted by Crippen LogP contribution is -2.34. The lowest BCUT2D eigenvalue weighted by atomic mass is 9.78. The van der Waals surface area contributed by atoms with Gasteiger partial charge in [0.2, 0.25) is 0 Å². The molecule has 3 rings (SSSR count). The number of ketones is 2. The van der Waals surface area contributed by atoms with Crippen molar-refractivity contribution in [1.29, 1.82) is 0 Å². The van der Waals surface area contributed by atoms with Crippen LogP contribution in [-0.4, -0.2) is 26.3 Å². The Bertz CT molecular complexity index is 654. The van der Waals surface area contributed by atoms with Crippen LogP contribution in [0.5, 0.6) is 0 Å². The molecule has 0 N–H and O–H groups in total. The van der Waals surface area contributed by atoms with Crippen molar-refractivity contribution in [2.75, 3.05) is 0 Å². The number of hydrogen-bond donors (Lipinski definition) is 0. The van der Waals surface area contributed by atoms with Gasteiger partial charge in [0, 0.05) is 17.4 Å². The van der Waals surface area contributed by atoms with Crippen LogP contribution in [0.2, 0.25) is 5.02 Å². The van der Waals surface area contributed by atoms with Crippen LogP contribution in [0.15, 0.2) is 36.9 Å². The Balaban J connectivity index is 2.04. The van der Waals surface area contributed by atoms with E-state index in [9.17, 15) is 9.59 Å². The molecule has 0 aliphatic heterocycles. The quantitative estimate of drug-likeness (QED) is 0.795. The second-order valence-electron chi connectivity index (χ2n) is 4.87. The number of benzene rings is 1. The van der Waals surface area contributed by atoms with E-state index in [1.807, 2.05) is 12.1 Å². The standard InChI is InChI=1S/C14H12ClN3O2/c15-10-3-1-2-9(4-10)12-5-11(19)6-13(20)14(12)18-8-16-7-17-18/h1-4,7-8,12,14H,5-6H2/t12-,14+/m0/s1. The maximum atomic E-state index is 12.2. The van der Waals surface area contributed by atoms with E-state index in [2.05, 4.69) is 10.1 Å². The number of Topliss-reactive ketones (excluding diaryl/α,β-unsaturated/α-hetero) is 2. The first-order valence-electron chi connectivity index (χ1n) is 6.29. The molecule has 1 aromatic heterocycles. The van der Waals surface area contributed by atoms with Gasteiger partial charge >= 0.3 is 0 Å². The highest BCUT2D eigenvalue weighted by atomic mass is 35.5. The molecule has 0 amide bonds. The normalized spacial score (nSPS) is 23.1. The summed E-state index contributed by atoms with van der Waals surface area (Å²) in [4.78, 5) is 27.9. The predicted octanol–water partition coefficient (Wildman–Crippen LogP) is 2.19. The Kier molecular flexibility index (Phi) is 3.36. The highest BCUT2D eigenvalue weighted by Gasteiger charge is 2.38. The van der Waals surface area contributed by atoms with Gasteiger partial charge in [0.1, 0.15) is 24.5 Å². The number of rotatable bonds is 2. The largest absolute Gasteiger partial charge is 0.299 e. The van der Waals surface area contributed by atoms with Crippen LogP contribution >= 0.6 is 11.6 Å². The van der Waals surface area contributed by atoms with E-state index in [0.29, 0.717) is 11.4 Å². The van der Waals surface area contributed by atoms with Gasteiger partial charge in [0.15, 0.2) is 5.78 Å². The summed E-state index contributed by atoms with van der Waals surface area (Å²) >= 11 is 6.00. The number of hydrogen-bond acceptors (Lipinski definition) is 4. The van der Waals surface area contributed by atoms with Crippen molar-refractivity contribution in [3.05, 3.63) is 47.5 Å². The topological polar surface area (TPSA) is 64.8 Å². The van der Waals surface area contributed by atoms with Crippen LogP contribution < -0.4 is 0 Å². The first-order chi connectivity index (χ1) is 9.65. The molecule has 1 heterocycles. The number of halogens is 1. The maximum Gasteiger partial charge on any atom is 0.165 e. The van der Waals surface area contributed by atoms with Gasteiger partial charge < -0.3 is 0 Å². The minimum Gasteiger partial charge on any atom is -0.299 e. The minimum atomic E-state index is -0.492. The second kappa shape index (κ2) is 5.17. The summed E-state index contributed by atoms with van der Waals surface area (Å²) in [7, 11) is 0. The molecule has 0 unspecified atom stereocenters. The third-order valence-corrected chi connectivity index (χ3v) is 3.76. The summed E-state index contributed by atoms with van der Waals surface area (Å²) in [6.07, 6.45) is 3.17. The molecule has 6 heteroatoms. The van der Waals surface area contributed by atoms with Crippen LogP contribution in [-0.2, 0) is 9.59 Å². The molecule has 5 nitrogen and oxygen atoms in total. The Labute approximate surface area is 120 Å². The van der Waals surface area contributed by atoms with Gasteiger partial charge in [-0.2, -0.15) is 5.10 Å². The Morgan fingerprint density at radius 2 is 2.15 bits per heavy atom. The van der Waals surface area contributed by atoms with Crippen LogP contribution in [0.3, 0.4) is 0 Å². The molecule has 1 aromatic carbocycles. The summed E-state index contributed by atoms with van der Waals surface area (Å²) in [5, 5.41) is 4.64. The molecule has 0 bridgehead atoms. The van der Waals surface area contributed by atoms with Crippen molar-refractivity contribution >= 4 is 23.2 Å². The molecular formula is C14H12ClN3O2. The lowest BCUT2D eigenvalue weighted by Gasteiger charge is -2.29. The van der Waals surface area contributed by atoms with E-state index in [0.717, 1.165) is 5.56 Å². The van der Waals surface area contributed by atoms with E-state index >= 15 is 0 Å². The van der Waals surface area contributed by atoms with Gasteiger partial charge in [0.25, 0.3) is 0 Å². The molecule has 1 fully saturated rings. The molecule has 0 saturated heterocycles. The average Bonchev–Trinajstić information content (AvgIpc) is 2.91. The van der Waals surface area contributed by atoms with Crippen molar-refractivity contribution in [1.82, 2.24) is 14.8 Å². The van der Waals surface area contributed by atoms with Crippen molar-refractivity contribution in [2.24, 2.45) is 0 Å². The highest BCUT2D eigenvalue weighted by Crippen LogP contribution is 2.37. The average molecular weight is 290 g/mol. The fourth-order valence-corrected chi connectivity index (χ4v) is 2.88. The Morgan fingerprint density at radius 1 is 1.30 bits per heavy atom. The smallest absolute Gasteiger partial charge is 0.165 e. The van der Waals surface area contributed by atoms with Gasteiger partial charge in [-0.15, -0.1) is 0 Å². The predicted molar refractivity (Wildman–Crippen MR) is 72.5 cm³/mol. The zero-order chi connectivity index (χ0) is 14.1. The minimum absolute atomic E-state index is 0.0401. The Morgan fingerprint density at radius 3 is 2.85 bits per heavy atom. The van der Waals surface area contributed by atoms with Crippen LogP contribution in [0.25, 0.3) is 0 Å². The number of nitrogens with zero attached hydrogens (tertiary/aromatic N) is 3. The molecular weight excluding hydrogens is 278 g/mol. The molecule has 0 spiro atoms. The van der Waals surface area contributed by atoms with Crippen LogP contribution in [0.4, 0.5) is 0 Å². The van der Waals surface area contributed by atoms with Crippen LogP contribution in [0, 0.1) is 0 Å². The zero-order valence-electron chi connectivity index (χ0n) is 10.6. The van der Waals surface area contributed by atoms with Crippen LogP contribution in [0.1, 0.15) is 30.4 Å². The number of carbonyl (C=O) groups is 2. The molecule has 2 atom stereocenters. The molecule has 0 radical (unpaired) electrons. The van der Waals surface area contributed by atoms with E-state index in [1.165, 1.54) is 17.3 Å². The van der Waals surface area contributed by atoms with Crippen molar-refractivity contribution < 1.29 is 9.59 Å². The van der Waals surface area contributed by atoms with E-state index in [-0.39, 0.29) is 23.9 Å². The SMILES string of the molecule is O=C1CC(=O)[C@H](n2cncn2)[C@H](c2cccc(Cl)c2)C1. The molecule has 102 valence electrons. The van der Waals surface area contributed by atoms with Crippen molar-refractivity contribution in [3.8, 4) is 0 Å². The third kappa shape index (κ3) is 2.36. The van der Waals surface area contributed by atoms with E-state index < -0.39 is 6.04 Å². The van der Waals surface area contributed by atoms with Gasteiger partial charge in [-0.05, 0) is 17.7 Å². The second-order valence-corrected chi connectivity index (χ2v) is 5.30. The number of aromatic nitrogens is 3. The van der Waals surface area contributed by atoms with Crippen molar-refractivity contribution in [2.45, 2.75) is 24.8 Å². The van der Waals surface area contributed by atoms with Gasteiger partial charge in [-0.25, -0.2) is 9.67 Å². The summed E-state index contributed by atoms with van der Waals surface area (Å²) in [6, 6.07) is 6.77. The fourth-order valence-electron chi connectivity index (χ4n) is 2.68. The monoisotopic (exact) mass is 289 g/mol. The molecule has 1 saturated carbocycles. The first-order valence-corrected chi connectivity index (χ1v) is 6.67.